The Morgan fingerprint density at radius 1 is 1.15 bits per heavy atom. The largest absolute Gasteiger partial charge is 0.319 e. The maximum absolute atomic E-state index is 13.7. The fraction of sp³-hybridized carbons (Fsp3) is 0.316. The highest BCUT2D eigenvalue weighted by Crippen LogP contribution is 2.26. The highest BCUT2D eigenvalue weighted by molar-refractivity contribution is 7.89. The number of halogens is 2. The van der Waals surface area contributed by atoms with Gasteiger partial charge in [-0.1, -0.05) is 12.5 Å². The first-order chi connectivity index (χ1) is 12.8. The minimum Gasteiger partial charge on any atom is -0.319 e. The van der Waals surface area contributed by atoms with E-state index < -0.39 is 27.6 Å². The zero-order chi connectivity index (χ0) is 19.6. The standard InChI is InChI=1S/C19H20F2N2O3S/c1-13-5-2-3-10-23(13)27(25,26)16-7-4-6-14(11-16)19(24)22-18-9-8-15(20)12-17(18)21/h4,6-9,11-13H,2-3,5,10H2,1H3,(H,22,24)/t13-/m1/s1. The first kappa shape index (κ1) is 19.4. The van der Waals surface area contributed by atoms with Crippen molar-refractivity contribution in [3.05, 3.63) is 59.7 Å². The molecule has 2 aromatic carbocycles. The van der Waals surface area contributed by atoms with Crippen LogP contribution < -0.4 is 5.32 Å². The molecule has 1 amide bonds. The average Bonchev–Trinajstić information content (AvgIpc) is 2.64. The van der Waals surface area contributed by atoms with Gasteiger partial charge in [0, 0.05) is 24.2 Å². The second-order valence-corrected chi connectivity index (χ2v) is 8.46. The molecule has 0 bridgehead atoms. The summed E-state index contributed by atoms with van der Waals surface area (Å²) >= 11 is 0. The summed E-state index contributed by atoms with van der Waals surface area (Å²) in [6.07, 6.45) is 2.58. The van der Waals surface area contributed by atoms with Crippen molar-refractivity contribution in [3.8, 4) is 0 Å². The number of anilines is 1. The van der Waals surface area contributed by atoms with Gasteiger partial charge in [-0.05, 0) is 50.1 Å². The van der Waals surface area contributed by atoms with Crippen LogP contribution in [0.5, 0.6) is 0 Å². The van der Waals surface area contributed by atoms with Crippen molar-refractivity contribution in [3.63, 3.8) is 0 Å². The number of amides is 1. The third-order valence-corrected chi connectivity index (χ3v) is 6.63. The number of nitrogens with zero attached hydrogens (tertiary/aromatic N) is 1. The van der Waals surface area contributed by atoms with Crippen LogP contribution in [-0.2, 0) is 10.0 Å². The molecule has 0 aliphatic carbocycles. The molecule has 0 spiro atoms. The summed E-state index contributed by atoms with van der Waals surface area (Å²) < 4.78 is 54.0. The molecule has 5 nitrogen and oxygen atoms in total. The fourth-order valence-corrected chi connectivity index (χ4v) is 4.89. The van der Waals surface area contributed by atoms with Crippen molar-refractivity contribution in [1.29, 1.82) is 0 Å². The third-order valence-electron chi connectivity index (χ3n) is 4.62. The SMILES string of the molecule is C[C@@H]1CCCCN1S(=O)(=O)c1cccc(C(=O)Nc2ccc(F)cc2F)c1. The fourth-order valence-electron chi connectivity index (χ4n) is 3.15. The Morgan fingerprint density at radius 3 is 2.63 bits per heavy atom. The van der Waals surface area contributed by atoms with Gasteiger partial charge in [-0.15, -0.1) is 0 Å². The van der Waals surface area contributed by atoms with Crippen molar-refractivity contribution in [2.45, 2.75) is 37.1 Å². The first-order valence-electron chi connectivity index (χ1n) is 8.67. The number of carbonyl (C=O) groups excluding carboxylic acids is 1. The average molecular weight is 394 g/mol. The Labute approximate surface area is 157 Å². The van der Waals surface area contributed by atoms with E-state index in [1.165, 1.54) is 28.6 Å². The Hall–Kier alpha value is -2.32. The molecular weight excluding hydrogens is 374 g/mol. The zero-order valence-electron chi connectivity index (χ0n) is 14.8. The van der Waals surface area contributed by atoms with E-state index in [4.69, 9.17) is 0 Å². The maximum Gasteiger partial charge on any atom is 0.255 e. The van der Waals surface area contributed by atoms with Crippen molar-refractivity contribution in [2.24, 2.45) is 0 Å². The van der Waals surface area contributed by atoms with E-state index in [2.05, 4.69) is 5.32 Å². The van der Waals surface area contributed by atoms with Gasteiger partial charge in [0.2, 0.25) is 10.0 Å². The number of piperidine rings is 1. The van der Waals surface area contributed by atoms with Gasteiger partial charge in [-0.2, -0.15) is 4.31 Å². The smallest absolute Gasteiger partial charge is 0.255 e. The Morgan fingerprint density at radius 2 is 1.93 bits per heavy atom. The molecule has 1 saturated heterocycles. The van der Waals surface area contributed by atoms with E-state index in [0.29, 0.717) is 12.6 Å². The van der Waals surface area contributed by atoms with Crippen molar-refractivity contribution in [2.75, 3.05) is 11.9 Å². The molecular formula is C19H20F2N2O3S. The van der Waals surface area contributed by atoms with Crippen LogP contribution >= 0.6 is 0 Å². The van der Waals surface area contributed by atoms with E-state index in [1.807, 2.05) is 6.92 Å². The lowest BCUT2D eigenvalue weighted by molar-refractivity contribution is 0.102. The Bertz CT molecular complexity index is 963. The molecule has 1 heterocycles. The van der Waals surface area contributed by atoms with E-state index in [1.54, 1.807) is 0 Å². The molecule has 0 aromatic heterocycles. The highest BCUT2D eigenvalue weighted by atomic mass is 32.2. The van der Waals surface area contributed by atoms with E-state index >= 15 is 0 Å². The molecule has 1 N–H and O–H groups in total. The molecule has 8 heteroatoms. The monoisotopic (exact) mass is 394 g/mol. The Balaban J connectivity index is 1.85. The molecule has 1 aliphatic heterocycles. The van der Waals surface area contributed by atoms with Crippen molar-refractivity contribution in [1.82, 2.24) is 4.31 Å². The van der Waals surface area contributed by atoms with Crippen LogP contribution in [0.1, 0.15) is 36.5 Å². The number of rotatable bonds is 4. The number of hydrogen-bond donors (Lipinski definition) is 1. The molecule has 0 saturated carbocycles. The summed E-state index contributed by atoms with van der Waals surface area (Å²) in [5, 5.41) is 2.33. The van der Waals surface area contributed by atoms with Gasteiger partial charge in [0.25, 0.3) is 5.91 Å². The maximum atomic E-state index is 13.7. The predicted octanol–water partition coefficient (Wildman–Crippen LogP) is 3.78. The Kier molecular flexibility index (Phi) is 5.57. The summed E-state index contributed by atoms with van der Waals surface area (Å²) in [7, 11) is -3.72. The van der Waals surface area contributed by atoms with Crippen LogP contribution in [0.3, 0.4) is 0 Å². The summed E-state index contributed by atoms with van der Waals surface area (Å²) in [4.78, 5) is 12.4. The molecule has 1 atom stereocenters. The summed E-state index contributed by atoms with van der Waals surface area (Å²) in [5.41, 5.74) is -0.108. The van der Waals surface area contributed by atoms with Gasteiger partial charge in [-0.3, -0.25) is 4.79 Å². The molecule has 27 heavy (non-hydrogen) atoms. The van der Waals surface area contributed by atoms with Gasteiger partial charge in [0.15, 0.2) is 0 Å². The number of nitrogens with one attached hydrogen (secondary N) is 1. The van der Waals surface area contributed by atoms with E-state index in [-0.39, 0.29) is 22.2 Å². The first-order valence-corrected chi connectivity index (χ1v) is 10.1. The predicted molar refractivity (Wildman–Crippen MR) is 98.0 cm³/mol. The van der Waals surface area contributed by atoms with Crippen LogP contribution in [0.2, 0.25) is 0 Å². The molecule has 1 fully saturated rings. The number of carbonyl (C=O) groups is 1. The second-order valence-electron chi connectivity index (χ2n) is 6.57. The van der Waals surface area contributed by atoms with Crippen LogP contribution in [0.15, 0.2) is 47.4 Å². The van der Waals surface area contributed by atoms with Crippen LogP contribution in [0, 0.1) is 11.6 Å². The number of benzene rings is 2. The van der Waals surface area contributed by atoms with E-state index in [0.717, 1.165) is 31.4 Å². The second kappa shape index (κ2) is 7.74. The number of hydrogen-bond acceptors (Lipinski definition) is 3. The van der Waals surface area contributed by atoms with Crippen LogP contribution in [-0.4, -0.2) is 31.2 Å². The molecule has 3 rings (SSSR count). The van der Waals surface area contributed by atoms with Gasteiger partial charge >= 0.3 is 0 Å². The summed E-state index contributed by atoms with van der Waals surface area (Å²) in [6, 6.07) is 8.31. The van der Waals surface area contributed by atoms with E-state index in [9.17, 15) is 22.0 Å². The van der Waals surface area contributed by atoms with Crippen LogP contribution in [0.4, 0.5) is 14.5 Å². The van der Waals surface area contributed by atoms with Crippen molar-refractivity contribution >= 4 is 21.6 Å². The third kappa shape index (κ3) is 4.17. The minimum atomic E-state index is -3.72. The lowest BCUT2D eigenvalue weighted by atomic mass is 10.1. The molecule has 144 valence electrons. The normalized spacial score (nSPS) is 18.3. The topological polar surface area (TPSA) is 66.5 Å². The lowest BCUT2D eigenvalue weighted by Crippen LogP contribution is -2.41. The van der Waals surface area contributed by atoms with Gasteiger partial charge < -0.3 is 5.32 Å². The van der Waals surface area contributed by atoms with Crippen molar-refractivity contribution < 1.29 is 22.0 Å². The minimum absolute atomic E-state index is 0.0171. The molecule has 0 unspecified atom stereocenters. The zero-order valence-corrected chi connectivity index (χ0v) is 15.6. The van der Waals surface area contributed by atoms with Gasteiger partial charge in [0.1, 0.15) is 11.6 Å². The highest BCUT2D eigenvalue weighted by Gasteiger charge is 2.31. The number of sulfonamides is 1. The molecule has 1 aliphatic rings. The molecule has 2 aromatic rings. The molecule has 0 radical (unpaired) electrons. The van der Waals surface area contributed by atoms with Crippen LogP contribution in [0.25, 0.3) is 0 Å². The summed E-state index contributed by atoms with van der Waals surface area (Å²) in [5.74, 6) is -2.34. The summed E-state index contributed by atoms with van der Waals surface area (Å²) in [6.45, 7) is 2.31. The lowest BCUT2D eigenvalue weighted by Gasteiger charge is -2.32. The quantitative estimate of drug-likeness (QED) is 0.858. The van der Waals surface area contributed by atoms with Gasteiger partial charge in [0.05, 0.1) is 10.6 Å². The van der Waals surface area contributed by atoms with Gasteiger partial charge in [-0.25, -0.2) is 17.2 Å².